The Morgan fingerprint density at radius 3 is 2.26 bits per heavy atom. The quantitative estimate of drug-likeness (QED) is 0.140. The van der Waals surface area contributed by atoms with E-state index < -0.39 is 30.0 Å². The molecule has 35 heavy (non-hydrogen) atoms. The third-order valence-corrected chi connectivity index (χ3v) is 6.24. The molecule has 2 amide bonds. The van der Waals surface area contributed by atoms with Crippen LogP contribution in [-0.4, -0.2) is 64.7 Å². The lowest BCUT2D eigenvalue weighted by atomic mass is 10.0. The molecule has 1 aromatic rings. The van der Waals surface area contributed by atoms with Gasteiger partial charge in [-0.2, -0.15) is 11.8 Å². The van der Waals surface area contributed by atoms with Gasteiger partial charge in [0.05, 0.1) is 0 Å². The number of carbonyl (C=O) groups excluding carboxylic acids is 2. The van der Waals surface area contributed by atoms with Gasteiger partial charge in [-0.3, -0.25) is 9.59 Å². The molecule has 3 atom stereocenters. The summed E-state index contributed by atoms with van der Waals surface area (Å²) in [5, 5.41) is 21.3. The number of thiocarbonyl (C=S) groups is 1. The van der Waals surface area contributed by atoms with Crippen LogP contribution < -0.4 is 27.0 Å². The topological polar surface area (TPSA) is 146 Å². The summed E-state index contributed by atoms with van der Waals surface area (Å²) in [5.74, 6) is -1.54. The molecule has 0 heterocycles. The van der Waals surface area contributed by atoms with Gasteiger partial charge < -0.3 is 32.1 Å². The normalized spacial score (nSPS) is 13.4. The summed E-state index contributed by atoms with van der Waals surface area (Å²) < 4.78 is 0. The van der Waals surface area contributed by atoms with Crippen molar-refractivity contribution in [1.82, 2.24) is 21.3 Å². The first-order valence-corrected chi connectivity index (χ1v) is 13.6. The first kappa shape index (κ1) is 30.7. The molecular formula is C24H39N5O4S2. The van der Waals surface area contributed by atoms with E-state index >= 15 is 0 Å². The highest BCUT2D eigenvalue weighted by molar-refractivity contribution is 7.98. The zero-order valence-electron chi connectivity index (χ0n) is 20.7. The molecule has 0 unspecified atom stereocenters. The van der Waals surface area contributed by atoms with Gasteiger partial charge in [-0.05, 0) is 67.9 Å². The molecule has 0 saturated heterocycles. The highest BCUT2D eigenvalue weighted by Gasteiger charge is 2.30. The molecule has 0 bridgehead atoms. The molecule has 0 radical (unpaired) electrons. The maximum atomic E-state index is 13.1. The monoisotopic (exact) mass is 525 g/mol. The first-order valence-electron chi connectivity index (χ1n) is 11.8. The zero-order valence-corrected chi connectivity index (χ0v) is 22.3. The van der Waals surface area contributed by atoms with Crippen LogP contribution in [0.25, 0.3) is 0 Å². The largest absolute Gasteiger partial charge is 0.480 e. The Hall–Kier alpha value is -2.37. The summed E-state index contributed by atoms with van der Waals surface area (Å²) in [6.45, 7) is 4.56. The molecule has 7 N–H and O–H groups in total. The summed E-state index contributed by atoms with van der Waals surface area (Å²) in [4.78, 5) is 37.6. The van der Waals surface area contributed by atoms with Crippen LogP contribution in [0.3, 0.4) is 0 Å². The third-order valence-electron chi connectivity index (χ3n) is 5.34. The summed E-state index contributed by atoms with van der Waals surface area (Å²) in [6.07, 6.45) is 3.98. The summed E-state index contributed by atoms with van der Waals surface area (Å²) >= 11 is 6.99. The fourth-order valence-corrected chi connectivity index (χ4v) is 3.98. The number of carboxylic acids is 1. The fourth-order valence-electron chi connectivity index (χ4n) is 3.29. The van der Waals surface area contributed by atoms with E-state index in [1.807, 2.05) is 36.6 Å². The molecule has 196 valence electrons. The number of nitrogens with one attached hydrogen (secondary N) is 4. The lowest BCUT2D eigenvalue weighted by molar-refractivity contribution is -0.142. The molecule has 0 fully saturated rings. The summed E-state index contributed by atoms with van der Waals surface area (Å²) in [5.41, 5.74) is 6.53. The molecule has 9 nitrogen and oxygen atoms in total. The molecule has 0 aliphatic rings. The second kappa shape index (κ2) is 17.1. The Morgan fingerprint density at radius 1 is 1.00 bits per heavy atom. The van der Waals surface area contributed by atoms with Crippen LogP contribution >= 0.6 is 24.0 Å². The molecular weight excluding hydrogens is 486 g/mol. The fraction of sp³-hybridized carbons (Fsp3) is 0.583. The van der Waals surface area contributed by atoms with Crippen LogP contribution in [0, 0.1) is 5.92 Å². The Morgan fingerprint density at radius 2 is 1.69 bits per heavy atom. The van der Waals surface area contributed by atoms with Gasteiger partial charge >= 0.3 is 5.97 Å². The molecule has 0 aromatic heterocycles. The number of rotatable bonds is 16. The van der Waals surface area contributed by atoms with Crippen molar-refractivity contribution in [2.24, 2.45) is 11.7 Å². The lowest BCUT2D eigenvalue weighted by Crippen LogP contribution is -2.58. The molecule has 0 aliphatic heterocycles. The highest BCUT2D eigenvalue weighted by atomic mass is 32.2. The molecule has 1 rings (SSSR count). The Kier molecular flexibility index (Phi) is 15.0. The Labute approximate surface area is 217 Å². The van der Waals surface area contributed by atoms with Crippen molar-refractivity contribution < 1.29 is 19.5 Å². The number of amides is 2. The van der Waals surface area contributed by atoms with Crippen molar-refractivity contribution in [3.05, 3.63) is 35.9 Å². The van der Waals surface area contributed by atoms with Gasteiger partial charge in [-0.15, -0.1) is 0 Å². The number of carbonyl (C=O) groups is 3. The molecule has 0 saturated carbocycles. The van der Waals surface area contributed by atoms with Gasteiger partial charge in [0, 0.05) is 6.54 Å². The second-order valence-electron chi connectivity index (χ2n) is 8.56. The maximum Gasteiger partial charge on any atom is 0.326 e. The van der Waals surface area contributed by atoms with Gasteiger partial charge in [-0.25, -0.2) is 4.79 Å². The minimum Gasteiger partial charge on any atom is -0.480 e. The van der Waals surface area contributed by atoms with Crippen molar-refractivity contribution in [2.75, 3.05) is 18.6 Å². The van der Waals surface area contributed by atoms with Gasteiger partial charge in [-0.1, -0.05) is 44.2 Å². The van der Waals surface area contributed by atoms with E-state index in [-0.39, 0.29) is 18.2 Å². The van der Waals surface area contributed by atoms with E-state index in [1.54, 1.807) is 25.6 Å². The SMILES string of the molecule is CSCC[C@H](NC(=S)NCc1ccccc1)C(=O)N[C@H](C(=O)N[C@@H](CCCCN)C(=O)O)C(C)C. The van der Waals surface area contributed by atoms with Crippen molar-refractivity contribution in [3.63, 3.8) is 0 Å². The van der Waals surface area contributed by atoms with Gasteiger partial charge in [0.15, 0.2) is 5.11 Å². The van der Waals surface area contributed by atoms with Crippen LogP contribution in [0.4, 0.5) is 0 Å². The van der Waals surface area contributed by atoms with E-state index in [2.05, 4.69) is 21.3 Å². The number of benzene rings is 1. The van der Waals surface area contributed by atoms with Crippen LogP contribution in [0.1, 0.15) is 45.1 Å². The van der Waals surface area contributed by atoms with E-state index in [0.717, 1.165) is 5.56 Å². The molecule has 0 aliphatic carbocycles. The van der Waals surface area contributed by atoms with Gasteiger partial charge in [0.1, 0.15) is 18.1 Å². The predicted molar refractivity (Wildman–Crippen MR) is 145 cm³/mol. The van der Waals surface area contributed by atoms with E-state index in [0.29, 0.717) is 43.2 Å². The minimum absolute atomic E-state index is 0.248. The van der Waals surface area contributed by atoms with Crippen LogP contribution in [0.15, 0.2) is 30.3 Å². The molecule has 1 aromatic carbocycles. The van der Waals surface area contributed by atoms with Crippen molar-refractivity contribution in [1.29, 1.82) is 0 Å². The van der Waals surface area contributed by atoms with Crippen molar-refractivity contribution in [2.45, 2.75) is 64.2 Å². The van der Waals surface area contributed by atoms with Crippen LogP contribution in [0.5, 0.6) is 0 Å². The average molecular weight is 526 g/mol. The predicted octanol–water partition coefficient (Wildman–Crippen LogP) is 1.61. The van der Waals surface area contributed by atoms with Crippen molar-refractivity contribution in [3.8, 4) is 0 Å². The van der Waals surface area contributed by atoms with Crippen LogP contribution in [-0.2, 0) is 20.9 Å². The van der Waals surface area contributed by atoms with E-state index in [9.17, 15) is 19.5 Å². The first-order chi connectivity index (χ1) is 16.7. The number of hydrogen-bond donors (Lipinski definition) is 6. The van der Waals surface area contributed by atoms with Crippen LogP contribution in [0.2, 0.25) is 0 Å². The Balaban J connectivity index is 2.79. The third kappa shape index (κ3) is 12.2. The molecule has 11 heteroatoms. The number of carboxylic acid groups (broad SMARTS) is 1. The second-order valence-corrected chi connectivity index (χ2v) is 9.95. The van der Waals surface area contributed by atoms with E-state index in [4.69, 9.17) is 18.0 Å². The number of hydrogen-bond acceptors (Lipinski definition) is 6. The number of nitrogens with two attached hydrogens (primary N) is 1. The van der Waals surface area contributed by atoms with Gasteiger partial charge in [0.2, 0.25) is 11.8 Å². The Bertz CT molecular complexity index is 810. The smallest absolute Gasteiger partial charge is 0.326 e. The van der Waals surface area contributed by atoms with E-state index in [1.165, 1.54) is 0 Å². The minimum atomic E-state index is -1.11. The molecule has 0 spiro atoms. The number of aliphatic carboxylic acids is 1. The average Bonchev–Trinajstić information content (AvgIpc) is 2.83. The zero-order chi connectivity index (χ0) is 26.2. The highest BCUT2D eigenvalue weighted by Crippen LogP contribution is 2.08. The number of thioether (sulfide) groups is 1. The number of unbranched alkanes of at least 4 members (excludes halogenated alkanes) is 1. The summed E-state index contributed by atoms with van der Waals surface area (Å²) in [7, 11) is 0. The van der Waals surface area contributed by atoms with Crippen molar-refractivity contribution >= 4 is 46.9 Å². The maximum absolute atomic E-state index is 13.1. The standard InChI is InChI=1S/C24H39N5O4S2/c1-16(2)20(22(31)27-19(23(32)33)11-7-8-13-25)29-21(30)18(12-14-35-3)28-24(34)26-15-17-9-5-4-6-10-17/h4-6,9-10,16,18-20H,7-8,11-15,25H2,1-3H3,(H,27,31)(H,29,30)(H,32,33)(H2,26,28,34)/t18-,19-,20-/m0/s1. The van der Waals surface area contributed by atoms with Gasteiger partial charge in [0.25, 0.3) is 0 Å². The summed E-state index contributed by atoms with van der Waals surface area (Å²) in [6, 6.07) is 7.18. The lowest BCUT2D eigenvalue weighted by Gasteiger charge is -2.27.